The molecule has 4 aromatic rings. The average Bonchev–Trinajstić information content (AvgIpc) is 3.37. The van der Waals surface area contributed by atoms with Crippen LogP contribution in [0.3, 0.4) is 0 Å². The molecule has 0 amide bonds. The van der Waals surface area contributed by atoms with Crippen LogP contribution in [0, 0.1) is 0 Å². The summed E-state index contributed by atoms with van der Waals surface area (Å²) in [7, 11) is 0. The van der Waals surface area contributed by atoms with E-state index in [4.69, 9.17) is 0 Å². The Bertz CT molecular complexity index is 1410. The molecule has 0 radical (unpaired) electrons. The summed E-state index contributed by atoms with van der Waals surface area (Å²) in [5.41, 5.74) is 14.5. The van der Waals surface area contributed by atoms with Gasteiger partial charge >= 0.3 is 0 Å². The van der Waals surface area contributed by atoms with Gasteiger partial charge in [0.25, 0.3) is 0 Å². The quantitative estimate of drug-likeness (QED) is 0.195. The predicted octanol–water partition coefficient (Wildman–Crippen LogP) is 11.9. The van der Waals surface area contributed by atoms with Crippen molar-refractivity contribution in [3.8, 4) is 27.9 Å². The lowest BCUT2D eigenvalue weighted by atomic mass is 9.77. The van der Waals surface area contributed by atoms with Crippen molar-refractivity contribution in [1.82, 2.24) is 0 Å². The molecule has 0 unspecified atom stereocenters. The van der Waals surface area contributed by atoms with Gasteiger partial charge in [0.2, 0.25) is 11.2 Å². The maximum Gasteiger partial charge on any atom is 0.230 e. The molecule has 2 heteroatoms. The van der Waals surface area contributed by atoms with Gasteiger partial charge in [0.1, 0.15) is 0 Å². The zero-order chi connectivity index (χ0) is 32.0. The van der Waals surface area contributed by atoms with E-state index < -0.39 is 0 Å². The van der Waals surface area contributed by atoms with E-state index in [1.165, 1.54) is 67.9 Å². The smallest absolute Gasteiger partial charge is 0.155 e. The van der Waals surface area contributed by atoms with E-state index in [0.29, 0.717) is 0 Å². The van der Waals surface area contributed by atoms with Gasteiger partial charge in [-0.15, -0.1) is 0 Å². The molecule has 0 fully saturated rings. The Morgan fingerprint density at radius 2 is 0.977 bits per heavy atom. The summed E-state index contributed by atoms with van der Waals surface area (Å²) in [5.74, 6) is 0. The van der Waals surface area contributed by atoms with Gasteiger partial charge in [-0.05, 0) is 80.0 Å². The van der Waals surface area contributed by atoms with E-state index in [1.54, 1.807) is 0 Å². The van der Waals surface area contributed by atoms with Crippen molar-refractivity contribution in [2.24, 2.45) is 0 Å². The second-order valence-electron chi connectivity index (χ2n) is 16.6. The van der Waals surface area contributed by atoms with Crippen LogP contribution in [0.1, 0.15) is 130 Å². The largest absolute Gasteiger partial charge is 0.230 e. The van der Waals surface area contributed by atoms with Gasteiger partial charge in [0.05, 0.1) is 16.0 Å². The maximum absolute atomic E-state index is 2.44. The van der Waals surface area contributed by atoms with E-state index in [2.05, 4.69) is 161 Å². The summed E-state index contributed by atoms with van der Waals surface area (Å²) in [4.78, 5) is 1.44. The minimum absolute atomic E-state index is 0.0548. The first kappa shape index (κ1) is 33.2. The Morgan fingerprint density at radius 3 is 1.33 bits per heavy atom. The van der Waals surface area contributed by atoms with Crippen molar-refractivity contribution >= 4 is 11.3 Å². The lowest BCUT2D eigenvalue weighted by Gasteiger charge is -2.27. The zero-order valence-electron chi connectivity index (χ0n) is 29.3. The van der Waals surface area contributed by atoms with Crippen molar-refractivity contribution in [2.45, 2.75) is 131 Å². The molecule has 1 heterocycles. The summed E-state index contributed by atoms with van der Waals surface area (Å²) < 4.78 is 2.42. The Morgan fingerprint density at radius 1 is 0.581 bits per heavy atom. The van der Waals surface area contributed by atoms with Crippen LogP contribution in [0.25, 0.3) is 27.9 Å². The highest BCUT2D eigenvalue weighted by Crippen LogP contribution is 2.40. The van der Waals surface area contributed by atoms with Crippen molar-refractivity contribution in [3.63, 3.8) is 0 Å². The molecular weight excluding hydrogens is 539 g/mol. The highest BCUT2D eigenvalue weighted by molar-refractivity contribution is 7.09. The average molecular weight is 595 g/mol. The molecule has 1 aromatic heterocycles. The van der Waals surface area contributed by atoms with E-state index in [9.17, 15) is 0 Å². The maximum atomic E-state index is 2.44. The van der Waals surface area contributed by atoms with Gasteiger partial charge in [-0.3, -0.25) is 0 Å². The Kier molecular flexibility index (Phi) is 9.26. The van der Waals surface area contributed by atoms with Gasteiger partial charge in [-0.2, -0.15) is 4.57 Å². The normalized spacial score (nSPS) is 13.0. The first-order valence-electron chi connectivity index (χ1n) is 16.2. The minimum Gasteiger partial charge on any atom is -0.155 e. The fourth-order valence-electron chi connectivity index (χ4n) is 5.52. The van der Waals surface area contributed by atoms with Gasteiger partial charge in [-0.25, -0.2) is 0 Å². The Hall–Kier alpha value is -2.71. The van der Waals surface area contributed by atoms with Gasteiger partial charge in [0, 0.05) is 0 Å². The number of aryl methyl sites for hydroxylation is 1. The van der Waals surface area contributed by atoms with E-state index in [1.807, 2.05) is 11.3 Å². The third kappa shape index (κ3) is 7.69. The van der Waals surface area contributed by atoms with E-state index in [0.717, 1.165) is 6.42 Å². The molecule has 0 aliphatic heterocycles. The van der Waals surface area contributed by atoms with Crippen LogP contribution in [0.5, 0.6) is 0 Å². The monoisotopic (exact) mass is 594 g/mol. The SMILES string of the molecule is CCCCc1c[n+](-c2c(-c3cc(C(C)(C)C)cc(C(C)(C)C)c3)cccc2-c2cc(C(C)(C)C)cc(C(C)(C)C)c2)cs1. The van der Waals surface area contributed by atoms with E-state index >= 15 is 0 Å². The van der Waals surface area contributed by atoms with Gasteiger partial charge in [-0.1, -0.05) is 150 Å². The summed E-state index contributed by atoms with van der Waals surface area (Å²) in [6.07, 6.45) is 5.95. The van der Waals surface area contributed by atoms with Crippen LogP contribution < -0.4 is 4.57 Å². The number of aromatic nitrogens is 1. The Balaban J connectivity index is 2.10. The molecule has 1 nitrogen and oxygen atoms in total. The first-order chi connectivity index (χ1) is 19.8. The van der Waals surface area contributed by atoms with Crippen LogP contribution in [0.2, 0.25) is 0 Å². The molecule has 0 spiro atoms. The molecule has 0 bridgehead atoms. The first-order valence-corrected chi connectivity index (χ1v) is 17.1. The fraction of sp³-hybridized carbons (Fsp3) is 0.488. The molecule has 230 valence electrons. The molecule has 0 aliphatic carbocycles. The van der Waals surface area contributed by atoms with Crippen LogP contribution in [-0.2, 0) is 28.1 Å². The number of rotatable bonds is 6. The van der Waals surface area contributed by atoms with Crippen LogP contribution >= 0.6 is 11.3 Å². The highest BCUT2D eigenvalue weighted by atomic mass is 32.1. The molecule has 0 atom stereocenters. The summed E-state index contributed by atoms with van der Waals surface area (Å²) in [6, 6.07) is 21.5. The minimum atomic E-state index is 0.0548. The number of unbranched alkanes of at least 4 members (excludes halogenated alkanes) is 1. The molecule has 4 rings (SSSR count). The second kappa shape index (κ2) is 12.0. The molecule has 0 saturated carbocycles. The number of thiazole rings is 1. The van der Waals surface area contributed by atoms with Crippen molar-refractivity contribution in [3.05, 3.63) is 93.4 Å². The van der Waals surface area contributed by atoms with Gasteiger partial charge < -0.3 is 0 Å². The second-order valence-corrected chi connectivity index (χ2v) is 17.6. The molecule has 3 aromatic carbocycles. The lowest BCUT2D eigenvalue weighted by Crippen LogP contribution is -2.29. The number of nitrogens with zero attached hydrogens (tertiary/aromatic N) is 1. The molecule has 43 heavy (non-hydrogen) atoms. The van der Waals surface area contributed by atoms with Crippen LogP contribution in [0.4, 0.5) is 0 Å². The predicted molar refractivity (Wildman–Crippen MR) is 190 cm³/mol. The molecular formula is C41H56NS+. The van der Waals surface area contributed by atoms with E-state index in [-0.39, 0.29) is 21.7 Å². The van der Waals surface area contributed by atoms with Gasteiger partial charge in [0.15, 0.2) is 6.20 Å². The summed E-state index contributed by atoms with van der Waals surface area (Å²) in [5, 5.41) is 0. The molecule has 0 N–H and O–H groups in total. The number of hydrogen-bond donors (Lipinski definition) is 0. The Labute approximate surface area is 267 Å². The number of benzene rings is 3. The third-order valence-corrected chi connectivity index (χ3v) is 9.57. The lowest BCUT2D eigenvalue weighted by molar-refractivity contribution is -0.589. The zero-order valence-corrected chi connectivity index (χ0v) is 30.1. The fourth-order valence-corrected chi connectivity index (χ4v) is 6.37. The van der Waals surface area contributed by atoms with Crippen molar-refractivity contribution in [2.75, 3.05) is 0 Å². The molecule has 0 saturated heterocycles. The van der Waals surface area contributed by atoms with Crippen LogP contribution in [-0.4, -0.2) is 0 Å². The summed E-state index contributed by atoms with van der Waals surface area (Å²) in [6.45, 7) is 30.2. The molecule has 0 aliphatic rings. The topological polar surface area (TPSA) is 3.88 Å². The number of para-hydroxylation sites is 1. The van der Waals surface area contributed by atoms with Crippen LogP contribution in [0.15, 0.2) is 66.3 Å². The van der Waals surface area contributed by atoms with Crippen molar-refractivity contribution in [1.29, 1.82) is 0 Å². The highest BCUT2D eigenvalue weighted by Gasteiger charge is 2.28. The third-order valence-electron chi connectivity index (χ3n) is 8.62. The standard InChI is InChI=1S/C41H56NS/c1-14-15-17-34-26-42(27-43-34)37-35(28-20-30(38(2,3)4)24-31(21-28)39(5,6)7)18-16-19-36(37)29-22-32(40(8,9)10)25-33(23-29)41(11,12)13/h16,18-27H,14-15,17H2,1-13H3/q+1. The number of hydrogen-bond acceptors (Lipinski definition) is 1. The summed E-state index contributed by atoms with van der Waals surface area (Å²) >= 11 is 1.88. The van der Waals surface area contributed by atoms with Crippen molar-refractivity contribution < 1.29 is 4.57 Å².